The van der Waals surface area contributed by atoms with Crippen molar-refractivity contribution in [1.82, 2.24) is 19.0 Å². The fourth-order valence-electron chi connectivity index (χ4n) is 5.45. The summed E-state index contributed by atoms with van der Waals surface area (Å²) < 4.78 is 31.5. The molecule has 1 aliphatic carbocycles. The van der Waals surface area contributed by atoms with Gasteiger partial charge in [0.25, 0.3) is 0 Å². The van der Waals surface area contributed by atoms with Gasteiger partial charge in [-0.25, -0.2) is 13.4 Å². The van der Waals surface area contributed by atoms with Gasteiger partial charge in [-0.2, -0.15) is 5.10 Å². The van der Waals surface area contributed by atoms with Crippen LogP contribution < -0.4 is 0 Å². The Morgan fingerprint density at radius 1 is 1.12 bits per heavy atom. The number of rotatable bonds is 5. The molecule has 33 heavy (non-hydrogen) atoms. The standard InChI is InChI=1S/C26H31FN4OS/c1-29(2)18-26-16-20-17-28-31(23-11-9-22(27)10-12-23)25(20)15-21(26)13-14-30(19-26)33(3,32)24-7-5-4-6-8-24/h4-12,15,17,33H,13-14,16,18-19H2,1-3H3/t26-/m0/s1. The van der Waals surface area contributed by atoms with Gasteiger partial charge in [-0.15, -0.1) is 0 Å². The highest BCUT2D eigenvalue weighted by atomic mass is 32.3. The smallest absolute Gasteiger partial charge is 0.123 e. The zero-order valence-electron chi connectivity index (χ0n) is 19.4. The molecule has 1 aromatic heterocycles. The molecule has 3 aromatic rings. The quantitative estimate of drug-likeness (QED) is 0.581. The van der Waals surface area contributed by atoms with Crippen molar-refractivity contribution in [2.75, 3.05) is 40.0 Å². The number of nitrogens with zero attached hydrogens (tertiary/aromatic N) is 4. The fraction of sp³-hybridized carbons (Fsp3) is 0.346. The second kappa shape index (κ2) is 8.31. The van der Waals surface area contributed by atoms with Gasteiger partial charge in [-0.3, -0.25) is 4.21 Å². The van der Waals surface area contributed by atoms with Gasteiger partial charge in [0.2, 0.25) is 0 Å². The third-order valence-electron chi connectivity index (χ3n) is 7.00. The van der Waals surface area contributed by atoms with E-state index in [1.165, 1.54) is 23.3 Å². The molecule has 0 saturated carbocycles. The van der Waals surface area contributed by atoms with Crippen molar-refractivity contribution in [3.05, 3.63) is 83.4 Å². The summed E-state index contributed by atoms with van der Waals surface area (Å²) in [5.41, 5.74) is 4.37. The van der Waals surface area contributed by atoms with Crippen LogP contribution in [0, 0.1) is 11.2 Å². The molecule has 0 radical (unpaired) electrons. The number of piperidine rings is 1. The zero-order valence-corrected chi connectivity index (χ0v) is 20.3. The van der Waals surface area contributed by atoms with E-state index >= 15 is 0 Å². The highest BCUT2D eigenvalue weighted by Crippen LogP contribution is 2.46. The Morgan fingerprint density at radius 2 is 1.85 bits per heavy atom. The van der Waals surface area contributed by atoms with Crippen LogP contribution in [0.25, 0.3) is 11.8 Å². The predicted molar refractivity (Wildman–Crippen MR) is 133 cm³/mol. The van der Waals surface area contributed by atoms with Crippen LogP contribution in [0.4, 0.5) is 4.39 Å². The Kier molecular flexibility index (Phi) is 5.59. The first kappa shape index (κ1) is 22.2. The number of aromatic nitrogens is 2. The number of hydrogen-bond acceptors (Lipinski definition) is 3. The van der Waals surface area contributed by atoms with Crippen molar-refractivity contribution in [3.63, 3.8) is 0 Å². The molecule has 0 bridgehead atoms. The van der Waals surface area contributed by atoms with Gasteiger partial charge < -0.3 is 4.90 Å². The average molecular weight is 467 g/mol. The topological polar surface area (TPSA) is 41.4 Å². The molecule has 7 heteroatoms. The SMILES string of the molecule is CN(C)C[C@]12Cc3cnn(-c4ccc(F)cc4)c3C=C1CCN([SH](C)(=O)c1ccccc1)C2. The minimum absolute atomic E-state index is 0.119. The highest BCUT2D eigenvalue weighted by Gasteiger charge is 2.45. The summed E-state index contributed by atoms with van der Waals surface area (Å²) in [6.45, 7) is 2.40. The Morgan fingerprint density at radius 3 is 2.55 bits per heavy atom. The van der Waals surface area contributed by atoms with Gasteiger partial charge in [0.15, 0.2) is 0 Å². The van der Waals surface area contributed by atoms with E-state index in [2.05, 4.69) is 34.5 Å². The summed E-state index contributed by atoms with van der Waals surface area (Å²) in [7, 11) is 1.54. The van der Waals surface area contributed by atoms with Crippen molar-refractivity contribution in [3.8, 4) is 5.69 Å². The summed E-state index contributed by atoms with van der Waals surface area (Å²) in [5, 5.41) is 4.65. The number of fused-ring (bicyclic) bond motifs is 2. The van der Waals surface area contributed by atoms with Gasteiger partial charge in [-0.05, 0) is 85.1 Å². The molecule has 5 nitrogen and oxygen atoms in total. The maximum absolute atomic E-state index is 14.0. The van der Waals surface area contributed by atoms with Crippen LogP contribution in [0.15, 0.2) is 71.3 Å². The average Bonchev–Trinajstić information content (AvgIpc) is 3.19. The summed E-state index contributed by atoms with van der Waals surface area (Å²) in [6.07, 6.45) is 7.83. The largest absolute Gasteiger partial charge is 0.308 e. The van der Waals surface area contributed by atoms with Crippen LogP contribution in [0.2, 0.25) is 0 Å². The molecule has 1 saturated heterocycles. The molecule has 2 aliphatic rings. The van der Waals surface area contributed by atoms with Crippen LogP contribution in [-0.4, -0.2) is 63.2 Å². The lowest BCUT2D eigenvalue weighted by Crippen LogP contribution is -2.54. The fourth-order valence-corrected chi connectivity index (χ4v) is 7.52. The molecule has 174 valence electrons. The Balaban J connectivity index is 1.52. The first-order valence-corrected chi connectivity index (χ1v) is 13.5. The van der Waals surface area contributed by atoms with Crippen molar-refractivity contribution in [1.29, 1.82) is 0 Å². The third kappa shape index (κ3) is 3.98. The lowest BCUT2D eigenvalue weighted by Gasteiger charge is -2.50. The highest BCUT2D eigenvalue weighted by molar-refractivity contribution is 8.00. The van der Waals surface area contributed by atoms with Crippen LogP contribution >= 0.6 is 0 Å². The molecule has 1 atom stereocenters. The van der Waals surface area contributed by atoms with Gasteiger partial charge in [0, 0.05) is 36.2 Å². The molecule has 0 unspecified atom stereocenters. The molecule has 0 spiro atoms. The number of halogens is 1. The second-order valence-corrected chi connectivity index (χ2v) is 12.5. The molecular weight excluding hydrogens is 435 g/mol. The van der Waals surface area contributed by atoms with E-state index in [9.17, 15) is 8.60 Å². The van der Waals surface area contributed by atoms with Gasteiger partial charge in [0.1, 0.15) is 5.82 Å². The van der Waals surface area contributed by atoms with Crippen molar-refractivity contribution in [2.24, 2.45) is 5.41 Å². The summed E-state index contributed by atoms with van der Waals surface area (Å²) in [5.74, 6) is -0.252. The van der Waals surface area contributed by atoms with E-state index in [1.807, 2.05) is 47.5 Å². The molecule has 2 heterocycles. The first-order valence-electron chi connectivity index (χ1n) is 11.4. The van der Waals surface area contributed by atoms with Crippen LogP contribution in [-0.2, 0) is 16.5 Å². The molecule has 2 aromatic carbocycles. The lowest BCUT2D eigenvalue weighted by molar-refractivity contribution is 0.163. The van der Waals surface area contributed by atoms with E-state index in [4.69, 9.17) is 0 Å². The molecule has 0 amide bonds. The number of thiol groups is 1. The van der Waals surface area contributed by atoms with E-state index in [-0.39, 0.29) is 11.2 Å². The summed E-state index contributed by atoms with van der Waals surface area (Å²) in [4.78, 5) is 3.15. The predicted octanol–water partition coefficient (Wildman–Crippen LogP) is 3.83. The van der Waals surface area contributed by atoms with E-state index in [1.54, 1.807) is 12.1 Å². The first-order chi connectivity index (χ1) is 15.8. The number of benzene rings is 2. The van der Waals surface area contributed by atoms with Crippen LogP contribution in [0.1, 0.15) is 17.7 Å². The van der Waals surface area contributed by atoms with Crippen molar-refractivity contribution in [2.45, 2.75) is 17.7 Å². The van der Waals surface area contributed by atoms with E-state index < -0.39 is 10.1 Å². The Bertz CT molecular complexity index is 1230. The molecule has 1 fully saturated rings. The van der Waals surface area contributed by atoms with Crippen LogP contribution in [0.3, 0.4) is 0 Å². The summed E-state index contributed by atoms with van der Waals surface area (Å²) >= 11 is 0. The normalized spacial score (nSPS) is 21.4. The molecule has 0 N–H and O–H groups in total. The van der Waals surface area contributed by atoms with E-state index in [0.717, 1.165) is 48.8 Å². The monoisotopic (exact) mass is 466 g/mol. The third-order valence-corrected chi connectivity index (χ3v) is 9.67. The Hall–Kier alpha value is -2.61. The maximum Gasteiger partial charge on any atom is 0.123 e. The van der Waals surface area contributed by atoms with Crippen molar-refractivity contribution < 1.29 is 8.60 Å². The van der Waals surface area contributed by atoms with Gasteiger partial charge in [-0.1, -0.05) is 23.8 Å². The number of hydrogen-bond donors (Lipinski definition) is 1. The Labute approximate surface area is 196 Å². The minimum atomic E-state index is -2.67. The maximum atomic E-state index is 14.0. The molecular formula is C26H31FN4OS. The summed E-state index contributed by atoms with van der Waals surface area (Å²) in [6, 6.07) is 16.3. The molecule has 5 rings (SSSR count). The van der Waals surface area contributed by atoms with Crippen molar-refractivity contribution >= 4 is 16.2 Å². The van der Waals surface area contributed by atoms with E-state index in [0.29, 0.717) is 0 Å². The van der Waals surface area contributed by atoms with Gasteiger partial charge >= 0.3 is 0 Å². The lowest BCUT2D eigenvalue weighted by atomic mass is 9.68. The molecule has 1 aliphatic heterocycles. The van der Waals surface area contributed by atoms with Crippen LogP contribution in [0.5, 0.6) is 0 Å². The minimum Gasteiger partial charge on any atom is -0.308 e. The van der Waals surface area contributed by atoms with Gasteiger partial charge in [0.05, 0.1) is 17.6 Å². The zero-order chi connectivity index (χ0) is 23.2. The second-order valence-electron chi connectivity index (χ2n) is 9.66.